The van der Waals surface area contributed by atoms with Crippen molar-refractivity contribution in [3.63, 3.8) is 0 Å². The van der Waals surface area contributed by atoms with Crippen molar-refractivity contribution in [2.45, 2.75) is 0 Å². The first-order chi connectivity index (χ1) is 13.6. The zero-order valence-corrected chi connectivity index (χ0v) is 15.5. The number of benzene rings is 3. The van der Waals surface area contributed by atoms with Crippen LogP contribution in [0.2, 0.25) is 0 Å². The van der Waals surface area contributed by atoms with Crippen LogP contribution in [0.4, 0.5) is 11.4 Å². The van der Waals surface area contributed by atoms with Gasteiger partial charge in [-0.2, -0.15) is 0 Å². The molecule has 0 aliphatic rings. The molecule has 0 aromatic heterocycles. The van der Waals surface area contributed by atoms with Gasteiger partial charge in [0.2, 0.25) is 0 Å². The fourth-order valence-electron chi connectivity index (χ4n) is 2.50. The Balaban J connectivity index is 1.67. The van der Waals surface area contributed by atoms with Crippen LogP contribution < -0.4 is 9.47 Å². The molecule has 0 spiro atoms. The molecule has 0 radical (unpaired) electrons. The van der Waals surface area contributed by atoms with E-state index in [2.05, 4.69) is 9.98 Å². The largest absolute Gasteiger partial charge is 0.504 e. The number of phenols is 2. The average Bonchev–Trinajstić information content (AvgIpc) is 2.71. The van der Waals surface area contributed by atoms with Crippen molar-refractivity contribution in [3.05, 3.63) is 71.8 Å². The van der Waals surface area contributed by atoms with Crippen LogP contribution in [-0.2, 0) is 0 Å². The Hall–Kier alpha value is -3.80. The monoisotopic (exact) mass is 376 g/mol. The van der Waals surface area contributed by atoms with Crippen LogP contribution in [-0.4, -0.2) is 36.9 Å². The van der Waals surface area contributed by atoms with E-state index in [0.717, 1.165) is 22.5 Å². The molecule has 0 bridgehead atoms. The van der Waals surface area contributed by atoms with Crippen LogP contribution in [0.1, 0.15) is 11.1 Å². The molecule has 142 valence electrons. The van der Waals surface area contributed by atoms with Crippen LogP contribution >= 0.6 is 0 Å². The summed E-state index contributed by atoms with van der Waals surface area (Å²) in [5.74, 6) is 0.982. The van der Waals surface area contributed by atoms with E-state index in [1.165, 1.54) is 14.2 Å². The van der Waals surface area contributed by atoms with Crippen molar-refractivity contribution in [1.82, 2.24) is 0 Å². The molecule has 0 fully saturated rings. The molecule has 0 unspecified atom stereocenters. The predicted molar refractivity (Wildman–Crippen MR) is 110 cm³/mol. The first-order valence-corrected chi connectivity index (χ1v) is 8.51. The third kappa shape index (κ3) is 4.67. The molecule has 0 atom stereocenters. The van der Waals surface area contributed by atoms with Gasteiger partial charge in [0, 0.05) is 12.4 Å². The SMILES string of the molecule is COc1ccc(C=Nc2ccc(N=Cc3ccc(OC)c(O)c3)cc2)cc1O. The number of aromatic hydroxyl groups is 2. The summed E-state index contributed by atoms with van der Waals surface area (Å²) < 4.78 is 10.0. The highest BCUT2D eigenvalue weighted by molar-refractivity contribution is 5.84. The number of ether oxygens (including phenoxy) is 2. The summed E-state index contributed by atoms with van der Waals surface area (Å²) in [6.45, 7) is 0. The lowest BCUT2D eigenvalue weighted by Crippen LogP contribution is -1.86. The Morgan fingerprint density at radius 2 is 1.04 bits per heavy atom. The van der Waals surface area contributed by atoms with Crippen LogP contribution in [0.15, 0.2) is 70.6 Å². The van der Waals surface area contributed by atoms with E-state index in [4.69, 9.17) is 9.47 Å². The first-order valence-electron chi connectivity index (χ1n) is 8.51. The number of methoxy groups -OCH3 is 2. The van der Waals surface area contributed by atoms with Crippen molar-refractivity contribution < 1.29 is 19.7 Å². The maximum absolute atomic E-state index is 9.80. The maximum atomic E-state index is 9.80. The Bertz CT molecular complexity index is 929. The van der Waals surface area contributed by atoms with Crippen molar-refractivity contribution in [2.24, 2.45) is 9.98 Å². The van der Waals surface area contributed by atoms with E-state index in [1.54, 1.807) is 36.7 Å². The van der Waals surface area contributed by atoms with E-state index in [1.807, 2.05) is 36.4 Å². The van der Waals surface area contributed by atoms with Gasteiger partial charge < -0.3 is 19.7 Å². The Kier molecular flexibility index (Phi) is 5.91. The Labute approximate surface area is 163 Å². The van der Waals surface area contributed by atoms with E-state index in [0.29, 0.717) is 11.5 Å². The van der Waals surface area contributed by atoms with Gasteiger partial charge in [-0.1, -0.05) is 0 Å². The van der Waals surface area contributed by atoms with Crippen LogP contribution in [0.25, 0.3) is 0 Å². The summed E-state index contributed by atoms with van der Waals surface area (Å²) in [5.41, 5.74) is 3.05. The number of nitrogens with zero attached hydrogens (tertiary/aromatic N) is 2. The molecular formula is C22H20N2O4. The lowest BCUT2D eigenvalue weighted by Gasteiger charge is -2.03. The summed E-state index contributed by atoms with van der Waals surface area (Å²) in [4.78, 5) is 8.77. The summed E-state index contributed by atoms with van der Waals surface area (Å²) in [5, 5.41) is 19.6. The van der Waals surface area contributed by atoms with Crippen LogP contribution in [0.3, 0.4) is 0 Å². The molecule has 0 heterocycles. The summed E-state index contributed by atoms with van der Waals surface area (Å²) in [6, 6.07) is 17.6. The highest BCUT2D eigenvalue weighted by atomic mass is 16.5. The second-order valence-corrected chi connectivity index (χ2v) is 5.90. The van der Waals surface area contributed by atoms with Gasteiger partial charge in [0.25, 0.3) is 0 Å². The topological polar surface area (TPSA) is 83.6 Å². The average molecular weight is 376 g/mol. The van der Waals surface area contributed by atoms with Crippen molar-refractivity contribution in [2.75, 3.05) is 14.2 Å². The first kappa shape index (κ1) is 19.0. The quantitative estimate of drug-likeness (QED) is 0.615. The standard InChI is InChI=1S/C22H20N2O4/c1-27-21-9-3-15(11-19(21)25)13-23-17-5-7-18(8-6-17)24-14-16-4-10-22(28-2)20(26)12-16/h3-14,25-26H,1-2H3. The number of hydrogen-bond acceptors (Lipinski definition) is 6. The zero-order chi connectivity index (χ0) is 19.9. The van der Waals surface area contributed by atoms with Crippen LogP contribution in [0.5, 0.6) is 23.0 Å². The second-order valence-electron chi connectivity index (χ2n) is 5.90. The lowest BCUT2D eigenvalue weighted by molar-refractivity contribution is 0.373. The number of aliphatic imine (C=N–C) groups is 2. The van der Waals surface area contributed by atoms with Gasteiger partial charge in [-0.15, -0.1) is 0 Å². The number of hydrogen-bond donors (Lipinski definition) is 2. The molecular weight excluding hydrogens is 356 g/mol. The normalized spacial score (nSPS) is 11.2. The molecule has 6 nitrogen and oxygen atoms in total. The number of rotatable bonds is 6. The highest BCUT2D eigenvalue weighted by Gasteiger charge is 2.02. The molecule has 0 aliphatic carbocycles. The van der Waals surface area contributed by atoms with E-state index in [9.17, 15) is 10.2 Å². The van der Waals surface area contributed by atoms with Crippen molar-refractivity contribution in [1.29, 1.82) is 0 Å². The number of phenolic OH excluding ortho intramolecular Hbond substituents is 2. The molecule has 3 aromatic carbocycles. The minimum atomic E-state index is 0.0701. The third-order valence-corrected chi connectivity index (χ3v) is 3.98. The van der Waals surface area contributed by atoms with Gasteiger partial charge in [0.05, 0.1) is 25.6 Å². The van der Waals surface area contributed by atoms with E-state index >= 15 is 0 Å². The van der Waals surface area contributed by atoms with Crippen molar-refractivity contribution >= 4 is 23.8 Å². The van der Waals surface area contributed by atoms with Crippen molar-refractivity contribution in [3.8, 4) is 23.0 Å². The highest BCUT2D eigenvalue weighted by Crippen LogP contribution is 2.27. The molecule has 0 saturated carbocycles. The zero-order valence-electron chi connectivity index (χ0n) is 15.5. The van der Waals surface area contributed by atoms with Gasteiger partial charge in [-0.25, -0.2) is 0 Å². The van der Waals surface area contributed by atoms with Crippen LogP contribution in [0, 0.1) is 0 Å². The fraction of sp³-hybridized carbons (Fsp3) is 0.0909. The molecule has 0 saturated heterocycles. The van der Waals surface area contributed by atoms with Gasteiger partial charge >= 0.3 is 0 Å². The fourth-order valence-corrected chi connectivity index (χ4v) is 2.50. The maximum Gasteiger partial charge on any atom is 0.160 e. The summed E-state index contributed by atoms with van der Waals surface area (Å²) in [6.07, 6.45) is 3.33. The molecule has 3 aromatic rings. The van der Waals surface area contributed by atoms with Gasteiger partial charge in [-0.05, 0) is 71.8 Å². The second kappa shape index (κ2) is 8.73. The smallest absolute Gasteiger partial charge is 0.160 e. The molecule has 0 aliphatic heterocycles. The minimum Gasteiger partial charge on any atom is -0.504 e. The van der Waals surface area contributed by atoms with Gasteiger partial charge in [0.1, 0.15) is 0 Å². The Morgan fingerprint density at radius 3 is 1.36 bits per heavy atom. The molecule has 6 heteroatoms. The van der Waals surface area contributed by atoms with E-state index < -0.39 is 0 Å². The molecule has 0 amide bonds. The minimum absolute atomic E-state index is 0.0701. The van der Waals surface area contributed by atoms with Gasteiger partial charge in [0.15, 0.2) is 23.0 Å². The molecule has 3 rings (SSSR count). The lowest BCUT2D eigenvalue weighted by atomic mass is 10.2. The van der Waals surface area contributed by atoms with Gasteiger partial charge in [-0.3, -0.25) is 9.98 Å². The third-order valence-electron chi connectivity index (χ3n) is 3.98. The summed E-state index contributed by atoms with van der Waals surface area (Å²) >= 11 is 0. The molecule has 2 N–H and O–H groups in total. The predicted octanol–water partition coefficient (Wildman–Crippen LogP) is 4.62. The summed E-state index contributed by atoms with van der Waals surface area (Å²) in [7, 11) is 3.01. The molecule has 28 heavy (non-hydrogen) atoms. The Morgan fingerprint density at radius 1 is 0.643 bits per heavy atom. The van der Waals surface area contributed by atoms with E-state index in [-0.39, 0.29) is 11.5 Å².